The lowest BCUT2D eigenvalue weighted by Gasteiger charge is -2.25. The summed E-state index contributed by atoms with van der Waals surface area (Å²) in [6, 6.07) is 31.1. The Morgan fingerprint density at radius 3 is 2.00 bits per heavy atom. The van der Waals surface area contributed by atoms with Gasteiger partial charge in [0, 0.05) is 5.02 Å². The van der Waals surface area contributed by atoms with Gasteiger partial charge in [0.15, 0.2) is 0 Å². The molecule has 0 saturated heterocycles. The lowest BCUT2D eigenvalue weighted by atomic mass is 10.2. The zero-order valence-corrected chi connectivity index (χ0v) is 19.0. The van der Waals surface area contributed by atoms with Crippen LogP contribution in [-0.4, -0.2) is 8.42 Å². The number of nitriles is 1. The molecule has 0 radical (unpaired) electrons. The van der Waals surface area contributed by atoms with Gasteiger partial charge in [-0.1, -0.05) is 41.9 Å². The van der Waals surface area contributed by atoms with Gasteiger partial charge in [-0.25, -0.2) is 8.42 Å². The largest absolute Gasteiger partial charge is 0.457 e. The zero-order valence-electron chi connectivity index (χ0n) is 17.4. The van der Waals surface area contributed by atoms with Gasteiger partial charge in [0.2, 0.25) is 0 Å². The second kappa shape index (κ2) is 9.78. The van der Waals surface area contributed by atoms with E-state index in [1.807, 2.05) is 36.4 Å². The van der Waals surface area contributed by atoms with E-state index < -0.39 is 10.0 Å². The van der Waals surface area contributed by atoms with E-state index in [2.05, 4.69) is 0 Å². The molecule has 4 rings (SSSR count). The first-order valence-corrected chi connectivity index (χ1v) is 11.9. The van der Waals surface area contributed by atoms with Crippen LogP contribution in [0, 0.1) is 11.3 Å². The van der Waals surface area contributed by atoms with Crippen LogP contribution in [0.1, 0.15) is 11.1 Å². The van der Waals surface area contributed by atoms with E-state index in [9.17, 15) is 8.42 Å². The molecule has 0 aliphatic rings. The van der Waals surface area contributed by atoms with Crippen LogP contribution >= 0.6 is 11.6 Å². The van der Waals surface area contributed by atoms with Crippen molar-refractivity contribution in [1.82, 2.24) is 0 Å². The summed E-state index contributed by atoms with van der Waals surface area (Å²) in [5, 5.41) is 9.61. The second-order valence-electron chi connectivity index (χ2n) is 7.18. The van der Waals surface area contributed by atoms with Crippen molar-refractivity contribution in [2.45, 2.75) is 11.4 Å². The van der Waals surface area contributed by atoms with Crippen LogP contribution in [0.4, 0.5) is 5.69 Å². The van der Waals surface area contributed by atoms with Gasteiger partial charge >= 0.3 is 0 Å². The first-order chi connectivity index (χ1) is 16.0. The highest BCUT2D eigenvalue weighted by atomic mass is 35.5. The number of nitrogens with zero attached hydrogens (tertiary/aromatic N) is 2. The highest BCUT2D eigenvalue weighted by Crippen LogP contribution is 2.30. The standard InChI is InChI=1S/C26H19ClN2O3S/c27-22-10-6-21(7-11-22)19-29(33(30,31)26-16-8-20(18-28)9-17-26)23-12-14-25(15-13-23)32-24-4-2-1-3-5-24/h1-17H,19H2. The van der Waals surface area contributed by atoms with Crippen molar-refractivity contribution < 1.29 is 13.2 Å². The Labute approximate surface area is 198 Å². The average Bonchev–Trinajstić information content (AvgIpc) is 2.85. The minimum atomic E-state index is -3.91. The van der Waals surface area contributed by atoms with Crippen molar-refractivity contribution >= 4 is 27.3 Å². The number of benzene rings is 4. The summed E-state index contributed by atoms with van der Waals surface area (Å²) in [7, 11) is -3.91. The molecule has 0 unspecified atom stereocenters. The molecule has 0 aromatic heterocycles. The molecule has 7 heteroatoms. The lowest BCUT2D eigenvalue weighted by molar-refractivity contribution is 0.482. The summed E-state index contributed by atoms with van der Waals surface area (Å²) in [6.45, 7) is 0.110. The SMILES string of the molecule is N#Cc1ccc(S(=O)(=O)N(Cc2ccc(Cl)cc2)c2ccc(Oc3ccccc3)cc2)cc1. The molecular weight excluding hydrogens is 456 g/mol. The third kappa shape index (κ3) is 5.35. The molecule has 4 aromatic carbocycles. The van der Waals surface area contributed by atoms with Gasteiger partial charge < -0.3 is 4.74 Å². The molecule has 0 spiro atoms. The van der Waals surface area contributed by atoms with Gasteiger partial charge in [0.05, 0.1) is 28.8 Å². The van der Waals surface area contributed by atoms with Gasteiger partial charge in [0.1, 0.15) is 11.5 Å². The molecule has 0 heterocycles. The van der Waals surface area contributed by atoms with Crippen LogP contribution in [0.25, 0.3) is 0 Å². The molecular formula is C26H19ClN2O3S. The summed E-state index contributed by atoms with van der Waals surface area (Å²) in [5.74, 6) is 1.28. The first kappa shape index (κ1) is 22.4. The molecule has 164 valence electrons. The van der Waals surface area contributed by atoms with Crippen molar-refractivity contribution in [3.8, 4) is 17.6 Å². The average molecular weight is 475 g/mol. The van der Waals surface area contributed by atoms with E-state index in [0.717, 1.165) is 5.56 Å². The monoisotopic (exact) mass is 474 g/mol. The number of anilines is 1. The van der Waals surface area contributed by atoms with Gasteiger partial charge in [-0.15, -0.1) is 0 Å². The topological polar surface area (TPSA) is 70.4 Å². The number of hydrogen-bond acceptors (Lipinski definition) is 4. The molecule has 0 amide bonds. The first-order valence-electron chi connectivity index (χ1n) is 10.1. The highest BCUT2D eigenvalue weighted by Gasteiger charge is 2.25. The van der Waals surface area contributed by atoms with Gasteiger partial charge in [-0.2, -0.15) is 5.26 Å². The molecule has 4 aromatic rings. The van der Waals surface area contributed by atoms with E-state index in [1.165, 1.54) is 28.6 Å². The Kier molecular flexibility index (Phi) is 6.64. The molecule has 0 fully saturated rings. The van der Waals surface area contributed by atoms with Crippen LogP contribution in [-0.2, 0) is 16.6 Å². The maximum absolute atomic E-state index is 13.6. The maximum Gasteiger partial charge on any atom is 0.264 e. The van der Waals surface area contributed by atoms with E-state index in [0.29, 0.717) is 27.8 Å². The number of halogens is 1. The third-order valence-corrected chi connectivity index (χ3v) is 6.95. The van der Waals surface area contributed by atoms with Crippen molar-refractivity contribution in [2.75, 3.05) is 4.31 Å². The van der Waals surface area contributed by atoms with E-state index in [1.54, 1.807) is 48.5 Å². The lowest BCUT2D eigenvalue weighted by Crippen LogP contribution is -2.30. The number of ether oxygens (including phenoxy) is 1. The summed E-state index contributed by atoms with van der Waals surface area (Å²) in [4.78, 5) is 0.0973. The van der Waals surface area contributed by atoms with Crippen LogP contribution in [0.15, 0.2) is 108 Å². The molecule has 0 atom stereocenters. The number of rotatable bonds is 7. The summed E-state index contributed by atoms with van der Waals surface area (Å²) >= 11 is 5.99. The fourth-order valence-corrected chi connectivity index (χ4v) is 4.78. The van der Waals surface area contributed by atoms with E-state index in [4.69, 9.17) is 21.6 Å². The molecule has 5 nitrogen and oxygen atoms in total. The number of hydrogen-bond donors (Lipinski definition) is 0. The quantitative estimate of drug-likeness (QED) is 0.310. The molecule has 0 aliphatic carbocycles. The van der Waals surface area contributed by atoms with Gasteiger partial charge in [-0.05, 0) is 78.4 Å². The number of para-hydroxylation sites is 1. The molecule has 0 N–H and O–H groups in total. The van der Waals surface area contributed by atoms with Crippen molar-refractivity contribution in [3.05, 3.63) is 119 Å². The van der Waals surface area contributed by atoms with Crippen LogP contribution in [0.3, 0.4) is 0 Å². The normalized spacial score (nSPS) is 10.9. The molecule has 0 aliphatic heterocycles. The van der Waals surface area contributed by atoms with E-state index in [-0.39, 0.29) is 11.4 Å². The minimum Gasteiger partial charge on any atom is -0.457 e. The zero-order chi connectivity index (χ0) is 23.3. The molecule has 0 saturated carbocycles. The Balaban J connectivity index is 1.68. The Morgan fingerprint density at radius 2 is 1.39 bits per heavy atom. The molecule has 33 heavy (non-hydrogen) atoms. The smallest absolute Gasteiger partial charge is 0.264 e. The minimum absolute atomic E-state index is 0.0973. The summed E-state index contributed by atoms with van der Waals surface area (Å²) < 4.78 is 34.3. The van der Waals surface area contributed by atoms with Crippen molar-refractivity contribution in [3.63, 3.8) is 0 Å². The van der Waals surface area contributed by atoms with Crippen molar-refractivity contribution in [2.24, 2.45) is 0 Å². The predicted octanol–water partition coefficient (Wildman–Crippen LogP) is 6.40. The van der Waals surface area contributed by atoms with Crippen molar-refractivity contribution in [1.29, 1.82) is 5.26 Å². The molecule has 0 bridgehead atoms. The van der Waals surface area contributed by atoms with Crippen LogP contribution < -0.4 is 9.04 Å². The van der Waals surface area contributed by atoms with Crippen LogP contribution in [0.2, 0.25) is 5.02 Å². The van der Waals surface area contributed by atoms with E-state index >= 15 is 0 Å². The predicted molar refractivity (Wildman–Crippen MR) is 129 cm³/mol. The second-order valence-corrected chi connectivity index (χ2v) is 9.48. The third-order valence-electron chi connectivity index (χ3n) is 4.91. The van der Waals surface area contributed by atoms with Gasteiger partial charge in [-0.3, -0.25) is 4.31 Å². The highest BCUT2D eigenvalue weighted by molar-refractivity contribution is 7.92. The fraction of sp³-hybridized carbons (Fsp3) is 0.0385. The number of sulfonamides is 1. The Hall–Kier alpha value is -3.79. The maximum atomic E-state index is 13.6. The summed E-state index contributed by atoms with van der Waals surface area (Å²) in [6.07, 6.45) is 0. The Bertz CT molecular complexity index is 1370. The fourth-order valence-electron chi connectivity index (χ4n) is 3.20. The van der Waals surface area contributed by atoms with Crippen LogP contribution in [0.5, 0.6) is 11.5 Å². The van der Waals surface area contributed by atoms with Gasteiger partial charge in [0.25, 0.3) is 10.0 Å². The summed E-state index contributed by atoms with van der Waals surface area (Å²) in [5.41, 5.74) is 1.65. The Morgan fingerprint density at radius 1 is 0.788 bits per heavy atom.